The van der Waals surface area contributed by atoms with E-state index in [0.29, 0.717) is 12.2 Å². The van der Waals surface area contributed by atoms with E-state index in [0.717, 1.165) is 51.4 Å². The fourth-order valence-corrected chi connectivity index (χ4v) is 5.91. The lowest BCUT2D eigenvalue weighted by molar-refractivity contribution is 0.0474. The Kier molecular flexibility index (Phi) is 7.12. The van der Waals surface area contributed by atoms with Gasteiger partial charge in [0.2, 0.25) is 0 Å². The van der Waals surface area contributed by atoms with E-state index in [9.17, 15) is 10.2 Å². The summed E-state index contributed by atoms with van der Waals surface area (Å²) >= 11 is 0. The molecule has 2 heterocycles. The predicted molar refractivity (Wildman–Crippen MR) is 138 cm³/mol. The second kappa shape index (κ2) is 9.35. The number of aliphatic hydroxyl groups excluding tert-OH is 2. The number of hydrogen-bond acceptors (Lipinski definition) is 4. The number of aliphatic hydroxyl groups is 2. The average Bonchev–Trinajstić information content (AvgIpc) is 3.60. The van der Waals surface area contributed by atoms with Gasteiger partial charge >= 0.3 is 0 Å². The zero-order chi connectivity index (χ0) is 24.8. The fourth-order valence-electron chi connectivity index (χ4n) is 5.91. The first-order valence-corrected chi connectivity index (χ1v) is 13.3. The molecule has 190 valence electrons. The molecule has 0 spiro atoms. The zero-order valence-electron chi connectivity index (χ0n) is 22.1. The van der Waals surface area contributed by atoms with Crippen LogP contribution in [0.5, 0.6) is 0 Å². The highest BCUT2D eigenvalue weighted by Gasteiger charge is 2.49. The van der Waals surface area contributed by atoms with Crippen molar-refractivity contribution in [2.24, 2.45) is 10.8 Å². The molecule has 2 unspecified atom stereocenters. The Bertz CT molecular complexity index is 806. The first-order chi connectivity index (χ1) is 15.8. The van der Waals surface area contributed by atoms with Crippen molar-refractivity contribution in [3.63, 3.8) is 0 Å². The van der Waals surface area contributed by atoms with Gasteiger partial charge in [0.1, 0.15) is 0 Å². The highest BCUT2D eigenvalue weighted by Crippen LogP contribution is 2.46. The van der Waals surface area contributed by atoms with Crippen molar-refractivity contribution in [1.29, 1.82) is 0 Å². The Balaban J connectivity index is 1.34. The van der Waals surface area contributed by atoms with Gasteiger partial charge in [0.15, 0.2) is 0 Å². The summed E-state index contributed by atoms with van der Waals surface area (Å²) in [7, 11) is 0. The van der Waals surface area contributed by atoms with Crippen molar-refractivity contribution in [3.05, 3.63) is 47.6 Å². The van der Waals surface area contributed by atoms with Gasteiger partial charge in [0, 0.05) is 10.8 Å². The molecule has 6 atom stereocenters. The molecular weight excluding hydrogens is 424 g/mol. The number of allylic oxidation sites excluding steroid dienone is 6. The second-order valence-corrected chi connectivity index (χ2v) is 12.8. The molecule has 2 saturated heterocycles. The quantitative estimate of drug-likeness (QED) is 0.311. The predicted octanol–water partition coefficient (Wildman–Crippen LogP) is 6.19. The molecule has 2 aliphatic heterocycles. The molecule has 4 aliphatic rings. The summed E-state index contributed by atoms with van der Waals surface area (Å²) in [6, 6.07) is 0. The first-order valence-electron chi connectivity index (χ1n) is 13.3. The highest BCUT2D eigenvalue weighted by molar-refractivity contribution is 5.32. The summed E-state index contributed by atoms with van der Waals surface area (Å²) in [4.78, 5) is 0. The minimum absolute atomic E-state index is 0.00934. The van der Waals surface area contributed by atoms with Gasteiger partial charge in [-0.3, -0.25) is 0 Å². The third-order valence-electron chi connectivity index (χ3n) is 8.92. The van der Waals surface area contributed by atoms with E-state index in [4.69, 9.17) is 9.47 Å². The van der Waals surface area contributed by atoms with Gasteiger partial charge in [0.05, 0.1) is 35.6 Å². The van der Waals surface area contributed by atoms with E-state index in [-0.39, 0.29) is 34.2 Å². The number of hydrogen-bond donors (Lipinski definition) is 2. The summed E-state index contributed by atoms with van der Waals surface area (Å²) in [5, 5.41) is 21.3. The van der Waals surface area contributed by atoms with Gasteiger partial charge in [-0.25, -0.2) is 0 Å². The van der Waals surface area contributed by atoms with Crippen molar-refractivity contribution < 1.29 is 19.7 Å². The SMILES string of the molecule is CC1(C)OC1CC[C@]1(C)C=C(/C=C/C=C/C2=C[C@](C)(CCC3OC3(C)C)[C@H](O)CC2)CC[C@@H]1O. The molecule has 0 amide bonds. The maximum atomic E-state index is 10.7. The fraction of sp³-hybridized carbons (Fsp3) is 0.733. The lowest BCUT2D eigenvalue weighted by Gasteiger charge is -2.36. The molecule has 0 aromatic carbocycles. The van der Waals surface area contributed by atoms with Gasteiger partial charge in [-0.05, 0) is 79.1 Å². The van der Waals surface area contributed by atoms with Crippen molar-refractivity contribution in [3.8, 4) is 0 Å². The molecule has 4 heteroatoms. The van der Waals surface area contributed by atoms with Crippen LogP contribution in [0.3, 0.4) is 0 Å². The van der Waals surface area contributed by atoms with E-state index in [1.165, 1.54) is 11.1 Å². The van der Waals surface area contributed by atoms with Crippen LogP contribution in [0.1, 0.15) is 92.9 Å². The van der Waals surface area contributed by atoms with Crippen molar-refractivity contribution >= 4 is 0 Å². The van der Waals surface area contributed by atoms with Crippen molar-refractivity contribution in [1.82, 2.24) is 0 Å². The number of ether oxygens (including phenoxy) is 2. The van der Waals surface area contributed by atoms with Crippen LogP contribution in [0.2, 0.25) is 0 Å². The minimum Gasteiger partial charge on any atom is -0.392 e. The summed E-state index contributed by atoms with van der Waals surface area (Å²) in [6.07, 6.45) is 20.6. The van der Waals surface area contributed by atoms with E-state index in [1.807, 2.05) is 0 Å². The second-order valence-electron chi connectivity index (χ2n) is 12.8. The largest absolute Gasteiger partial charge is 0.392 e. The number of epoxide rings is 2. The average molecular weight is 471 g/mol. The smallest absolute Gasteiger partial charge is 0.0892 e. The molecule has 34 heavy (non-hydrogen) atoms. The van der Waals surface area contributed by atoms with Gasteiger partial charge in [0.25, 0.3) is 0 Å². The van der Waals surface area contributed by atoms with Crippen molar-refractivity contribution in [2.75, 3.05) is 0 Å². The summed E-state index contributed by atoms with van der Waals surface area (Å²) < 4.78 is 11.5. The Hall–Kier alpha value is -1.20. The zero-order valence-corrected chi connectivity index (χ0v) is 22.1. The molecule has 2 aliphatic carbocycles. The maximum Gasteiger partial charge on any atom is 0.0892 e. The summed E-state index contributed by atoms with van der Waals surface area (Å²) in [5.41, 5.74) is 2.25. The van der Waals surface area contributed by atoms with Crippen LogP contribution in [0, 0.1) is 10.8 Å². The van der Waals surface area contributed by atoms with Crippen LogP contribution in [-0.4, -0.2) is 45.8 Å². The standard InChI is InChI=1S/C30H46O4/c1-27(2)25(33-27)15-17-29(5)19-21(11-13-23(29)31)9-7-8-10-22-12-14-24(32)30(6,20-22)18-16-26-28(3,4)34-26/h7-10,19-20,23-26,31-32H,11-18H2,1-6H3/b9-7+,10-8+/t23-,24+,25?,26?,29+,30-. The molecule has 0 aromatic heterocycles. The Labute approximate surface area is 206 Å². The van der Waals surface area contributed by atoms with Crippen LogP contribution in [0.25, 0.3) is 0 Å². The lowest BCUT2D eigenvalue weighted by atomic mass is 9.72. The molecule has 2 N–H and O–H groups in total. The molecule has 0 aromatic rings. The third-order valence-corrected chi connectivity index (χ3v) is 8.92. The van der Waals surface area contributed by atoms with E-state index >= 15 is 0 Å². The third kappa shape index (κ3) is 5.95. The van der Waals surface area contributed by atoms with E-state index in [2.05, 4.69) is 78.0 Å². The Morgan fingerprint density at radius 2 is 1.09 bits per heavy atom. The van der Waals surface area contributed by atoms with E-state index in [1.54, 1.807) is 0 Å². The van der Waals surface area contributed by atoms with Gasteiger partial charge in [-0.15, -0.1) is 0 Å². The minimum atomic E-state index is -0.287. The monoisotopic (exact) mass is 470 g/mol. The van der Waals surface area contributed by atoms with Gasteiger partial charge in [-0.2, -0.15) is 0 Å². The molecule has 2 fully saturated rings. The normalized spacial score (nSPS) is 40.9. The van der Waals surface area contributed by atoms with Crippen LogP contribution in [0.15, 0.2) is 47.6 Å². The maximum absolute atomic E-state index is 10.7. The molecule has 0 radical (unpaired) electrons. The Morgan fingerprint density at radius 3 is 1.41 bits per heavy atom. The lowest BCUT2D eigenvalue weighted by Crippen LogP contribution is -2.34. The van der Waals surface area contributed by atoms with Crippen molar-refractivity contribution in [2.45, 2.75) is 129 Å². The Morgan fingerprint density at radius 1 is 0.735 bits per heavy atom. The van der Waals surface area contributed by atoms with Crippen LogP contribution in [0.4, 0.5) is 0 Å². The molecule has 4 nitrogen and oxygen atoms in total. The number of rotatable bonds is 9. The van der Waals surface area contributed by atoms with Gasteiger partial charge < -0.3 is 19.7 Å². The highest BCUT2D eigenvalue weighted by atomic mass is 16.6. The van der Waals surface area contributed by atoms with E-state index < -0.39 is 0 Å². The summed E-state index contributed by atoms with van der Waals surface area (Å²) in [6.45, 7) is 12.9. The molecule has 4 rings (SSSR count). The topological polar surface area (TPSA) is 65.5 Å². The van der Waals surface area contributed by atoms with Crippen LogP contribution in [-0.2, 0) is 9.47 Å². The molecular formula is C30H46O4. The van der Waals surface area contributed by atoms with Gasteiger partial charge in [-0.1, -0.05) is 61.4 Å². The van der Waals surface area contributed by atoms with Crippen LogP contribution >= 0.6 is 0 Å². The first kappa shape index (κ1) is 25.9. The molecule has 0 bridgehead atoms. The summed E-state index contributed by atoms with van der Waals surface area (Å²) in [5.74, 6) is 0. The molecule has 0 saturated carbocycles. The van der Waals surface area contributed by atoms with Crippen LogP contribution < -0.4 is 0 Å².